The van der Waals surface area contributed by atoms with Crippen molar-refractivity contribution in [2.75, 3.05) is 0 Å². The van der Waals surface area contributed by atoms with E-state index in [9.17, 15) is 0 Å². The molecular formula is C40H50. The first-order valence-corrected chi connectivity index (χ1v) is 13.3. The standard InChI is InChI=1S/C35H30.5CH4/c1-5-15-29-25(11-1)26-12-2-6-16-30(26)34(29)21-22-35(24-33(23-34)19-9-10-20-33)31-17-7-3-13-27(31)28-14-4-8-18-32(28)35;;;;;/h1-8,11-18,21-22H,9-10,19-20,23-24H2;5*1H4. The highest BCUT2D eigenvalue weighted by molar-refractivity contribution is 5.85. The first kappa shape index (κ1) is 31.2. The van der Waals surface area contributed by atoms with Crippen molar-refractivity contribution in [3.05, 3.63) is 131 Å². The Hall–Kier alpha value is -3.38. The first-order chi connectivity index (χ1) is 17.2. The molecule has 3 spiro atoms. The zero-order valence-corrected chi connectivity index (χ0v) is 20.1. The predicted molar refractivity (Wildman–Crippen MR) is 178 cm³/mol. The second kappa shape index (κ2) is 10.9. The predicted octanol–water partition coefficient (Wildman–Crippen LogP) is 12.0. The van der Waals surface area contributed by atoms with Gasteiger partial charge in [0.2, 0.25) is 0 Å². The molecule has 1 saturated carbocycles. The van der Waals surface area contributed by atoms with Crippen LogP contribution in [0.15, 0.2) is 109 Å². The Balaban J connectivity index is 0.000000882. The van der Waals surface area contributed by atoms with E-state index >= 15 is 0 Å². The van der Waals surface area contributed by atoms with Gasteiger partial charge in [-0.3, -0.25) is 0 Å². The summed E-state index contributed by atoms with van der Waals surface area (Å²) in [5, 5.41) is 0. The van der Waals surface area contributed by atoms with E-state index < -0.39 is 0 Å². The van der Waals surface area contributed by atoms with Gasteiger partial charge < -0.3 is 0 Å². The van der Waals surface area contributed by atoms with Gasteiger partial charge in [-0.15, -0.1) is 0 Å². The van der Waals surface area contributed by atoms with Crippen LogP contribution in [0.4, 0.5) is 0 Å². The van der Waals surface area contributed by atoms with Crippen LogP contribution in [-0.2, 0) is 10.8 Å². The third kappa shape index (κ3) is 3.87. The van der Waals surface area contributed by atoms with Gasteiger partial charge in [0.05, 0.1) is 0 Å². The molecule has 40 heavy (non-hydrogen) atoms. The summed E-state index contributed by atoms with van der Waals surface area (Å²) >= 11 is 0. The summed E-state index contributed by atoms with van der Waals surface area (Å²) in [6.07, 6.45) is 13.2. The summed E-state index contributed by atoms with van der Waals surface area (Å²) < 4.78 is 0. The lowest BCUT2D eigenvalue weighted by Crippen LogP contribution is -2.34. The van der Waals surface area contributed by atoms with Gasteiger partial charge in [-0.1, -0.05) is 159 Å². The molecule has 210 valence electrons. The second-order valence-corrected chi connectivity index (χ2v) is 11.5. The highest BCUT2D eigenvalue weighted by Crippen LogP contribution is 2.65. The van der Waals surface area contributed by atoms with Crippen LogP contribution in [0.3, 0.4) is 0 Å². The van der Waals surface area contributed by atoms with Gasteiger partial charge in [0, 0.05) is 10.8 Å². The lowest BCUT2D eigenvalue weighted by atomic mass is 9.62. The highest BCUT2D eigenvalue weighted by atomic mass is 14.6. The summed E-state index contributed by atoms with van der Waals surface area (Å²) in [5.74, 6) is 0. The van der Waals surface area contributed by atoms with Gasteiger partial charge in [0.25, 0.3) is 0 Å². The van der Waals surface area contributed by atoms with Crippen molar-refractivity contribution in [1.82, 2.24) is 0 Å². The molecule has 1 fully saturated rings. The van der Waals surface area contributed by atoms with Crippen LogP contribution in [0.25, 0.3) is 22.3 Å². The Morgan fingerprint density at radius 1 is 0.375 bits per heavy atom. The number of allylic oxidation sites excluding steroid dienone is 2. The average molecular weight is 531 g/mol. The van der Waals surface area contributed by atoms with Crippen LogP contribution >= 0.6 is 0 Å². The van der Waals surface area contributed by atoms with E-state index in [4.69, 9.17) is 0 Å². The molecular weight excluding hydrogens is 480 g/mol. The van der Waals surface area contributed by atoms with Gasteiger partial charge in [0.15, 0.2) is 0 Å². The van der Waals surface area contributed by atoms with E-state index in [1.54, 1.807) is 0 Å². The van der Waals surface area contributed by atoms with Crippen molar-refractivity contribution in [1.29, 1.82) is 0 Å². The summed E-state index contributed by atoms with van der Waals surface area (Å²) in [6.45, 7) is 0. The molecule has 0 bridgehead atoms. The molecule has 0 saturated heterocycles. The van der Waals surface area contributed by atoms with Crippen LogP contribution in [0.5, 0.6) is 0 Å². The smallest absolute Gasteiger partial charge is 0.0399 e. The number of fused-ring (bicyclic) bond motifs is 10. The molecule has 0 radical (unpaired) electrons. The number of benzene rings is 4. The molecule has 0 nitrogen and oxygen atoms in total. The van der Waals surface area contributed by atoms with Crippen molar-refractivity contribution in [3.63, 3.8) is 0 Å². The molecule has 0 aromatic heterocycles. The van der Waals surface area contributed by atoms with E-state index in [0.717, 1.165) is 0 Å². The lowest BCUT2D eigenvalue weighted by molar-refractivity contribution is 0.198. The van der Waals surface area contributed by atoms with E-state index in [-0.39, 0.29) is 48.0 Å². The minimum absolute atomic E-state index is 0. The fraction of sp³-hybridized carbons (Fsp3) is 0.350. The van der Waals surface area contributed by atoms with Crippen molar-refractivity contribution in [2.45, 2.75) is 86.5 Å². The van der Waals surface area contributed by atoms with Crippen LogP contribution < -0.4 is 0 Å². The monoisotopic (exact) mass is 530 g/mol. The largest absolute Gasteiger partial charge is 0.0776 e. The molecule has 4 aliphatic rings. The van der Waals surface area contributed by atoms with Crippen LogP contribution in [0, 0.1) is 5.41 Å². The Bertz CT molecular complexity index is 1310. The van der Waals surface area contributed by atoms with Crippen molar-refractivity contribution in [2.24, 2.45) is 5.41 Å². The zero-order chi connectivity index (χ0) is 23.1. The zero-order valence-electron chi connectivity index (χ0n) is 20.1. The van der Waals surface area contributed by atoms with E-state index in [0.29, 0.717) is 5.41 Å². The van der Waals surface area contributed by atoms with Gasteiger partial charge in [-0.2, -0.15) is 0 Å². The molecule has 0 N–H and O–H groups in total. The number of rotatable bonds is 0. The molecule has 4 aromatic rings. The maximum Gasteiger partial charge on any atom is 0.0399 e. The van der Waals surface area contributed by atoms with E-state index in [1.807, 2.05) is 0 Å². The molecule has 0 aliphatic heterocycles. The minimum atomic E-state index is -0.0481. The molecule has 0 amide bonds. The molecule has 0 unspecified atom stereocenters. The second-order valence-electron chi connectivity index (χ2n) is 11.5. The van der Waals surface area contributed by atoms with Crippen LogP contribution in [0.1, 0.15) is 97.9 Å². The molecule has 0 heteroatoms. The summed E-state index contributed by atoms with van der Waals surface area (Å²) in [7, 11) is 0. The van der Waals surface area contributed by atoms with Crippen molar-refractivity contribution < 1.29 is 0 Å². The minimum Gasteiger partial charge on any atom is -0.0776 e. The van der Waals surface area contributed by atoms with Crippen molar-refractivity contribution >= 4 is 0 Å². The van der Waals surface area contributed by atoms with Crippen LogP contribution in [0.2, 0.25) is 0 Å². The SMILES string of the molecule is C.C.C.C.C.C1=CC2(CC3(CCCC3)CC13c1ccccc1-c1ccccc13)c1ccccc1-c1ccccc12. The maximum atomic E-state index is 2.66. The third-order valence-corrected chi connectivity index (χ3v) is 9.84. The third-order valence-electron chi connectivity index (χ3n) is 9.84. The molecule has 8 rings (SSSR count). The Labute approximate surface area is 245 Å². The quantitative estimate of drug-likeness (QED) is 0.198. The molecule has 0 atom stereocenters. The Morgan fingerprint density at radius 3 is 0.950 bits per heavy atom. The fourth-order valence-electron chi connectivity index (χ4n) is 8.58. The molecule has 4 aromatic carbocycles. The molecule has 0 heterocycles. The normalized spacial score (nSPS) is 18.4. The highest BCUT2D eigenvalue weighted by Gasteiger charge is 2.55. The Kier molecular flexibility index (Phi) is 8.48. The summed E-state index contributed by atoms with van der Waals surface area (Å²) in [5.41, 5.74) is 12.0. The van der Waals surface area contributed by atoms with E-state index in [1.165, 1.54) is 83.0 Å². The van der Waals surface area contributed by atoms with Gasteiger partial charge >= 0.3 is 0 Å². The maximum absolute atomic E-state index is 2.66. The Morgan fingerprint density at radius 2 is 0.650 bits per heavy atom. The fourth-order valence-corrected chi connectivity index (χ4v) is 8.58. The van der Waals surface area contributed by atoms with Crippen molar-refractivity contribution in [3.8, 4) is 22.3 Å². The van der Waals surface area contributed by atoms with E-state index in [2.05, 4.69) is 109 Å². The van der Waals surface area contributed by atoms with Gasteiger partial charge in [-0.05, 0) is 75.6 Å². The lowest BCUT2D eigenvalue weighted by Gasteiger charge is -2.41. The number of hydrogen-bond donors (Lipinski definition) is 0. The van der Waals surface area contributed by atoms with Gasteiger partial charge in [0.1, 0.15) is 0 Å². The first-order valence-electron chi connectivity index (χ1n) is 13.3. The van der Waals surface area contributed by atoms with Crippen LogP contribution in [-0.4, -0.2) is 0 Å². The summed E-state index contributed by atoms with van der Waals surface area (Å²) in [6, 6.07) is 36.9. The molecule has 4 aliphatic carbocycles. The topological polar surface area (TPSA) is 0 Å². The number of hydrogen-bond acceptors (Lipinski definition) is 0. The average Bonchev–Trinajstić information content (AvgIpc) is 3.52. The van der Waals surface area contributed by atoms with Gasteiger partial charge in [-0.25, -0.2) is 0 Å². The summed E-state index contributed by atoms with van der Waals surface area (Å²) in [4.78, 5) is 0.